The predicted molar refractivity (Wildman–Crippen MR) is 109 cm³/mol. The van der Waals surface area contributed by atoms with Crippen LogP contribution in [0.25, 0.3) is 0 Å². The molecule has 1 amide bonds. The van der Waals surface area contributed by atoms with E-state index in [1.54, 1.807) is 32.2 Å². The van der Waals surface area contributed by atoms with Crippen molar-refractivity contribution >= 4 is 27.3 Å². The number of rotatable bonds is 6. The van der Waals surface area contributed by atoms with Gasteiger partial charge in [-0.2, -0.15) is 5.10 Å². The minimum absolute atomic E-state index is 0.112. The molecule has 1 atom stereocenters. The molecule has 1 unspecified atom stereocenters. The van der Waals surface area contributed by atoms with Gasteiger partial charge in [0.2, 0.25) is 15.9 Å². The van der Waals surface area contributed by atoms with E-state index in [0.29, 0.717) is 35.6 Å². The molecule has 0 aromatic heterocycles. The molecule has 1 aliphatic rings. The third kappa shape index (κ3) is 4.17. The number of anilines is 1. The van der Waals surface area contributed by atoms with Crippen LogP contribution in [-0.2, 0) is 14.8 Å². The number of nitrogens with one attached hydrogen (secondary N) is 1. The summed E-state index contributed by atoms with van der Waals surface area (Å²) in [5.41, 5.74) is 2.59. The summed E-state index contributed by atoms with van der Waals surface area (Å²) in [6.45, 7) is 1.79. The second kappa shape index (κ2) is 8.02. The van der Waals surface area contributed by atoms with Gasteiger partial charge in [-0.3, -0.25) is 9.52 Å². The molecular weight excluding hydrogens is 378 g/mol. The van der Waals surface area contributed by atoms with Crippen LogP contribution >= 0.6 is 0 Å². The Balaban J connectivity index is 2.04. The molecule has 0 saturated carbocycles. The molecule has 2 aromatic rings. The molecule has 8 heteroatoms. The van der Waals surface area contributed by atoms with Gasteiger partial charge >= 0.3 is 0 Å². The number of hydrazone groups is 1. The normalized spacial score (nSPS) is 16.6. The molecule has 148 valence electrons. The molecule has 7 nitrogen and oxygen atoms in total. The Labute approximate surface area is 165 Å². The molecular formula is C20H23N3O4S. The lowest BCUT2D eigenvalue weighted by atomic mass is 9.97. The number of sulfonamides is 1. The summed E-state index contributed by atoms with van der Waals surface area (Å²) in [4.78, 5) is 12.6. The Bertz CT molecular complexity index is 1020. The molecule has 1 N–H and O–H groups in total. The summed E-state index contributed by atoms with van der Waals surface area (Å²) in [7, 11) is -1.86. The minimum atomic E-state index is -3.45. The van der Waals surface area contributed by atoms with E-state index in [-0.39, 0.29) is 11.9 Å². The van der Waals surface area contributed by atoms with Crippen LogP contribution in [0.3, 0.4) is 0 Å². The summed E-state index contributed by atoms with van der Waals surface area (Å²) in [5.74, 6) is 0.569. The smallest absolute Gasteiger partial charge is 0.242 e. The quantitative estimate of drug-likeness (QED) is 0.805. The van der Waals surface area contributed by atoms with E-state index in [0.717, 1.165) is 11.8 Å². The van der Waals surface area contributed by atoms with Crippen LogP contribution in [0.5, 0.6) is 5.75 Å². The van der Waals surface area contributed by atoms with Crippen LogP contribution in [0.2, 0.25) is 0 Å². The highest BCUT2D eigenvalue weighted by Crippen LogP contribution is 2.38. The third-order valence-corrected chi connectivity index (χ3v) is 5.09. The highest BCUT2D eigenvalue weighted by molar-refractivity contribution is 7.92. The molecule has 28 heavy (non-hydrogen) atoms. The molecule has 1 aliphatic heterocycles. The highest BCUT2D eigenvalue weighted by Gasteiger charge is 2.34. The Morgan fingerprint density at radius 2 is 1.89 bits per heavy atom. The number of carbonyl (C=O) groups excluding carboxylic acids is 1. The van der Waals surface area contributed by atoms with Crippen molar-refractivity contribution in [1.29, 1.82) is 0 Å². The van der Waals surface area contributed by atoms with Crippen molar-refractivity contribution in [3.63, 3.8) is 0 Å². The number of methoxy groups -OCH3 is 1. The standard InChI is InChI=1S/C20H23N3O4S/c1-4-20(24)23-18(15-10-6-8-12-19(15)27-2)13-17(21-23)14-9-5-7-11-16(14)22-28(3,25)26/h5-12,18,22H,4,13H2,1-3H3. The Morgan fingerprint density at radius 3 is 2.57 bits per heavy atom. The average molecular weight is 401 g/mol. The molecule has 0 radical (unpaired) electrons. The van der Waals surface area contributed by atoms with Crippen molar-refractivity contribution in [3.8, 4) is 5.75 Å². The largest absolute Gasteiger partial charge is 0.496 e. The Hall–Kier alpha value is -2.87. The zero-order valence-electron chi connectivity index (χ0n) is 16.0. The van der Waals surface area contributed by atoms with Crippen LogP contribution in [0, 0.1) is 0 Å². The van der Waals surface area contributed by atoms with Crippen molar-refractivity contribution in [2.24, 2.45) is 5.10 Å². The highest BCUT2D eigenvalue weighted by atomic mass is 32.2. The van der Waals surface area contributed by atoms with Gasteiger partial charge in [-0.15, -0.1) is 0 Å². The maximum Gasteiger partial charge on any atom is 0.242 e. The average Bonchev–Trinajstić information content (AvgIpc) is 3.11. The number of nitrogens with zero attached hydrogens (tertiary/aromatic N) is 2. The maximum atomic E-state index is 12.6. The maximum absolute atomic E-state index is 12.6. The number of para-hydroxylation sites is 2. The summed E-state index contributed by atoms with van der Waals surface area (Å²) >= 11 is 0. The summed E-state index contributed by atoms with van der Waals surface area (Å²) in [6, 6.07) is 14.3. The number of benzene rings is 2. The van der Waals surface area contributed by atoms with E-state index in [9.17, 15) is 13.2 Å². The fraction of sp³-hybridized carbons (Fsp3) is 0.300. The van der Waals surface area contributed by atoms with E-state index in [1.165, 1.54) is 5.01 Å². The van der Waals surface area contributed by atoms with Crippen molar-refractivity contribution in [2.45, 2.75) is 25.8 Å². The van der Waals surface area contributed by atoms with E-state index < -0.39 is 10.0 Å². The predicted octanol–water partition coefficient (Wildman–Crippen LogP) is 3.15. The Kier molecular flexibility index (Phi) is 5.69. The van der Waals surface area contributed by atoms with Crippen molar-refractivity contribution in [2.75, 3.05) is 18.1 Å². The van der Waals surface area contributed by atoms with E-state index in [1.807, 2.05) is 30.3 Å². The number of hydrogen-bond donors (Lipinski definition) is 1. The molecule has 0 bridgehead atoms. The van der Waals surface area contributed by atoms with Gasteiger partial charge in [0.25, 0.3) is 0 Å². The third-order valence-electron chi connectivity index (χ3n) is 4.50. The van der Waals surface area contributed by atoms with Gasteiger partial charge in [-0.1, -0.05) is 43.3 Å². The number of hydrogen-bond acceptors (Lipinski definition) is 5. The number of amides is 1. The number of carbonyl (C=O) groups is 1. The summed E-state index contributed by atoms with van der Waals surface area (Å²) < 4.78 is 31.4. The van der Waals surface area contributed by atoms with Crippen LogP contribution in [0.15, 0.2) is 53.6 Å². The van der Waals surface area contributed by atoms with Gasteiger partial charge in [-0.05, 0) is 12.1 Å². The van der Waals surface area contributed by atoms with Gasteiger partial charge in [-0.25, -0.2) is 13.4 Å². The molecule has 0 saturated heterocycles. The lowest BCUT2D eigenvalue weighted by Crippen LogP contribution is -2.26. The first-order chi connectivity index (χ1) is 13.3. The fourth-order valence-corrected chi connectivity index (χ4v) is 3.85. The first kappa shape index (κ1) is 19.9. The van der Waals surface area contributed by atoms with Crippen molar-refractivity contribution in [1.82, 2.24) is 5.01 Å². The monoisotopic (exact) mass is 401 g/mol. The van der Waals surface area contributed by atoms with Crippen LogP contribution in [0.1, 0.15) is 36.9 Å². The second-order valence-corrected chi connectivity index (χ2v) is 8.27. The molecule has 0 fully saturated rings. The Morgan fingerprint density at radius 1 is 1.21 bits per heavy atom. The van der Waals surface area contributed by atoms with Crippen LogP contribution in [0.4, 0.5) is 5.69 Å². The lowest BCUT2D eigenvalue weighted by Gasteiger charge is -2.23. The molecule has 2 aromatic carbocycles. The van der Waals surface area contributed by atoms with Crippen LogP contribution in [-0.4, -0.2) is 38.4 Å². The fourth-order valence-electron chi connectivity index (χ4n) is 3.27. The molecule has 1 heterocycles. The molecule has 0 aliphatic carbocycles. The van der Waals surface area contributed by atoms with E-state index >= 15 is 0 Å². The summed E-state index contributed by atoms with van der Waals surface area (Å²) in [5, 5.41) is 6.04. The summed E-state index contributed by atoms with van der Waals surface area (Å²) in [6.07, 6.45) is 1.87. The topological polar surface area (TPSA) is 88.1 Å². The molecule has 3 rings (SSSR count). The minimum Gasteiger partial charge on any atom is -0.496 e. The first-order valence-corrected chi connectivity index (χ1v) is 10.8. The van der Waals surface area contributed by atoms with Gasteiger partial charge in [0, 0.05) is 24.0 Å². The van der Waals surface area contributed by atoms with Crippen molar-refractivity contribution in [3.05, 3.63) is 59.7 Å². The number of ether oxygens (including phenoxy) is 1. The SMILES string of the molecule is CCC(=O)N1N=C(c2ccccc2NS(C)(=O)=O)CC1c1ccccc1OC. The lowest BCUT2D eigenvalue weighted by molar-refractivity contribution is -0.132. The van der Waals surface area contributed by atoms with Gasteiger partial charge in [0.05, 0.1) is 30.8 Å². The van der Waals surface area contributed by atoms with Crippen molar-refractivity contribution < 1.29 is 17.9 Å². The van der Waals surface area contributed by atoms with E-state index in [2.05, 4.69) is 9.82 Å². The van der Waals surface area contributed by atoms with Gasteiger partial charge < -0.3 is 4.74 Å². The van der Waals surface area contributed by atoms with Gasteiger partial charge in [0.1, 0.15) is 5.75 Å². The molecule has 0 spiro atoms. The van der Waals surface area contributed by atoms with Crippen LogP contribution < -0.4 is 9.46 Å². The zero-order chi connectivity index (χ0) is 20.3. The zero-order valence-corrected chi connectivity index (χ0v) is 16.9. The van der Waals surface area contributed by atoms with E-state index in [4.69, 9.17) is 4.74 Å². The first-order valence-electron chi connectivity index (χ1n) is 8.93. The van der Waals surface area contributed by atoms with Gasteiger partial charge in [0.15, 0.2) is 0 Å². The second-order valence-electron chi connectivity index (χ2n) is 6.52.